The van der Waals surface area contributed by atoms with Crippen molar-refractivity contribution in [2.24, 2.45) is 5.73 Å². The van der Waals surface area contributed by atoms with E-state index in [1.54, 1.807) is 7.11 Å². The van der Waals surface area contributed by atoms with Crippen LogP contribution in [0.25, 0.3) is 0 Å². The summed E-state index contributed by atoms with van der Waals surface area (Å²) in [4.78, 5) is 13.8. The molecule has 0 radical (unpaired) electrons. The van der Waals surface area contributed by atoms with E-state index in [4.69, 9.17) is 10.5 Å². The zero-order chi connectivity index (χ0) is 10.6. The average molecular weight is 237 g/mol. The zero-order valence-electron chi connectivity index (χ0n) is 9.44. The number of rotatable bonds is 4. The predicted molar refractivity (Wildman–Crippen MR) is 62.1 cm³/mol. The van der Waals surface area contributed by atoms with Gasteiger partial charge in [-0.25, -0.2) is 0 Å². The van der Waals surface area contributed by atoms with Crippen LogP contribution in [0.2, 0.25) is 0 Å². The molecule has 0 aliphatic carbocycles. The standard InChI is InChI=1S/C10H20N2O2.ClH/c1-3-9(14-2)10(13)12-6-4-5-8(12)7-11;/h8-9H,3-7,11H2,1-2H3;1H. The van der Waals surface area contributed by atoms with E-state index in [2.05, 4.69) is 0 Å². The monoisotopic (exact) mass is 236 g/mol. The lowest BCUT2D eigenvalue weighted by Gasteiger charge is -2.26. The van der Waals surface area contributed by atoms with Crippen LogP contribution in [-0.2, 0) is 9.53 Å². The van der Waals surface area contributed by atoms with Gasteiger partial charge in [0.25, 0.3) is 5.91 Å². The molecule has 2 unspecified atom stereocenters. The highest BCUT2D eigenvalue weighted by atomic mass is 35.5. The second kappa shape index (κ2) is 7.04. The van der Waals surface area contributed by atoms with E-state index < -0.39 is 0 Å². The molecule has 0 spiro atoms. The van der Waals surface area contributed by atoms with Crippen molar-refractivity contribution < 1.29 is 9.53 Å². The highest BCUT2D eigenvalue weighted by Gasteiger charge is 2.31. The molecule has 1 amide bonds. The van der Waals surface area contributed by atoms with Gasteiger partial charge >= 0.3 is 0 Å². The van der Waals surface area contributed by atoms with Crippen molar-refractivity contribution in [1.82, 2.24) is 4.90 Å². The summed E-state index contributed by atoms with van der Waals surface area (Å²) in [7, 11) is 1.58. The van der Waals surface area contributed by atoms with Gasteiger partial charge in [-0.2, -0.15) is 0 Å². The summed E-state index contributed by atoms with van der Waals surface area (Å²) < 4.78 is 5.13. The number of amides is 1. The second-order valence-corrected chi connectivity index (χ2v) is 3.70. The topological polar surface area (TPSA) is 55.6 Å². The minimum absolute atomic E-state index is 0. The van der Waals surface area contributed by atoms with Crippen LogP contribution < -0.4 is 5.73 Å². The molecular formula is C10H21ClN2O2. The highest BCUT2D eigenvalue weighted by Crippen LogP contribution is 2.18. The summed E-state index contributed by atoms with van der Waals surface area (Å²) in [6.45, 7) is 3.35. The first-order valence-corrected chi connectivity index (χ1v) is 5.27. The number of carbonyl (C=O) groups excluding carboxylic acids is 1. The molecule has 90 valence electrons. The Morgan fingerprint density at radius 3 is 2.80 bits per heavy atom. The molecule has 0 saturated carbocycles. The molecule has 4 nitrogen and oxygen atoms in total. The van der Waals surface area contributed by atoms with Gasteiger partial charge in [0, 0.05) is 26.2 Å². The lowest BCUT2D eigenvalue weighted by Crippen LogP contribution is -2.45. The van der Waals surface area contributed by atoms with Crippen molar-refractivity contribution >= 4 is 18.3 Å². The van der Waals surface area contributed by atoms with E-state index in [1.165, 1.54) is 0 Å². The number of nitrogens with zero attached hydrogens (tertiary/aromatic N) is 1. The van der Waals surface area contributed by atoms with Crippen LogP contribution in [-0.4, -0.2) is 43.2 Å². The Balaban J connectivity index is 0.00000196. The minimum Gasteiger partial charge on any atom is -0.372 e. The van der Waals surface area contributed by atoms with E-state index in [0.29, 0.717) is 6.54 Å². The van der Waals surface area contributed by atoms with Crippen LogP contribution in [0, 0.1) is 0 Å². The maximum absolute atomic E-state index is 11.9. The van der Waals surface area contributed by atoms with Gasteiger partial charge in [-0.15, -0.1) is 12.4 Å². The van der Waals surface area contributed by atoms with E-state index in [-0.39, 0.29) is 30.5 Å². The molecule has 1 heterocycles. The van der Waals surface area contributed by atoms with E-state index >= 15 is 0 Å². The molecule has 1 fully saturated rings. The van der Waals surface area contributed by atoms with Gasteiger partial charge in [-0.05, 0) is 19.3 Å². The SMILES string of the molecule is CCC(OC)C(=O)N1CCCC1CN.Cl. The Labute approximate surface area is 97.5 Å². The van der Waals surface area contributed by atoms with Gasteiger partial charge in [0.2, 0.25) is 0 Å². The molecule has 1 rings (SSSR count). The van der Waals surface area contributed by atoms with Crippen molar-refractivity contribution in [3.05, 3.63) is 0 Å². The summed E-state index contributed by atoms with van der Waals surface area (Å²) in [6.07, 6.45) is 2.53. The Kier molecular flexibility index (Phi) is 6.89. The molecule has 1 aliphatic heterocycles. The van der Waals surface area contributed by atoms with Gasteiger partial charge in [-0.3, -0.25) is 4.79 Å². The summed E-state index contributed by atoms with van der Waals surface area (Å²) in [6, 6.07) is 0.228. The van der Waals surface area contributed by atoms with Gasteiger partial charge in [0.15, 0.2) is 0 Å². The molecule has 5 heteroatoms. The maximum atomic E-state index is 11.9. The number of carbonyl (C=O) groups is 1. The van der Waals surface area contributed by atoms with Gasteiger partial charge in [0.1, 0.15) is 6.10 Å². The summed E-state index contributed by atoms with van der Waals surface area (Å²) in [5.41, 5.74) is 5.61. The largest absolute Gasteiger partial charge is 0.372 e. The van der Waals surface area contributed by atoms with Crippen LogP contribution in [0.5, 0.6) is 0 Å². The number of hydrogen-bond donors (Lipinski definition) is 1. The number of methoxy groups -OCH3 is 1. The summed E-state index contributed by atoms with van der Waals surface area (Å²) in [5, 5.41) is 0. The first kappa shape index (κ1) is 14.7. The van der Waals surface area contributed by atoms with Crippen LogP contribution >= 0.6 is 12.4 Å². The molecule has 2 N–H and O–H groups in total. The quantitative estimate of drug-likeness (QED) is 0.785. The van der Waals surface area contributed by atoms with Crippen molar-refractivity contribution in [1.29, 1.82) is 0 Å². The first-order chi connectivity index (χ1) is 6.74. The molecule has 2 atom stereocenters. The number of hydrogen-bond acceptors (Lipinski definition) is 3. The summed E-state index contributed by atoms with van der Waals surface area (Å²) >= 11 is 0. The van der Waals surface area contributed by atoms with Crippen molar-refractivity contribution in [2.75, 3.05) is 20.2 Å². The first-order valence-electron chi connectivity index (χ1n) is 5.27. The third-order valence-electron chi connectivity index (χ3n) is 2.86. The summed E-state index contributed by atoms with van der Waals surface area (Å²) in [5.74, 6) is 0.1000. The molecule has 0 aromatic heterocycles. The molecule has 1 aliphatic rings. The maximum Gasteiger partial charge on any atom is 0.251 e. The fraction of sp³-hybridized carbons (Fsp3) is 0.900. The fourth-order valence-electron chi connectivity index (χ4n) is 2.00. The Bertz CT molecular complexity index is 198. The Morgan fingerprint density at radius 2 is 2.33 bits per heavy atom. The van der Waals surface area contributed by atoms with E-state index in [9.17, 15) is 4.79 Å². The van der Waals surface area contributed by atoms with Gasteiger partial charge < -0.3 is 15.4 Å². The van der Waals surface area contributed by atoms with E-state index in [0.717, 1.165) is 25.8 Å². The number of likely N-dealkylation sites (tertiary alicyclic amines) is 1. The van der Waals surface area contributed by atoms with Crippen LogP contribution in [0.1, 0.15) is 26.2 Å². The van der Waals surface area contributed by atoms with Gasteiger partial charge in [0.05, 0.1) is 0 Å². The number of nitrogens with two attached hydrogens (primary N) is 1. The van der Waals surface area contributed by atoms with Crippen molar-refractivity contribution in [2.45, 2.75) is 38.3 Å². The lowest BCUT2D eigenvalue weighted by molar-refractivity contribution is -0.142. The van der Waals surface area contributed by atoms with Crippen molar-refractivity contribution in [3.63, 3.8) is 0 Å². The third-order valence-corrected chi connectivity index (χ3v) is 2.86. The molecule has 0 bridgehead atoms. The molecule has 1 saturated heterocycles. The number of ether oxygens (including phenoxy) is 1. The van der Waals surface area contributed by atoms with Crippen LogP contribution in [0.3, 0.4) is 0 Å². The molecular weight excluding hydrogens is 216 g/mol. The zero-order valence-corrected chi connectivity index (χ0v) is 10.3. The second-order valence-electron chi connectivity index (χ2n) is 3.70. The van der Waals surface area contributed by atoms with Gasteiger partial charge in [-0.1, -0.05) is 6.92 Å². The predicted octanol–water partition coefficient (Wildman–Crippen LogP) is 0.783. The molecule has 0 aromatic carbocycles. The smallest absolute Gasteiger partial charge is 0.251 e. The highest BCUT2D eigenvalue weighted by molar-refractivity contribution is 5.85. The fourth-order valence-corrected chi connectivity index (χ4v) is 2.00. The lowest BCUT2D eigenvalue weighted by atomic mass is 10.2. The van der Waals surface area contributed by atoms with Crippen LogP contribution in [0.15, 0.2) is 0 Å². The Hall–Kier alpha value is -0.320. The van der Waals surface area contributed by atoms with Crippen LogP contribution in [0.4, 0.5) is 0 Å². The van der Waals surface area contributed by atoms with E-state index in [1.807, 2.05) is 11.8 Å². The third kappa shape index (κ3) is 3.33. The van der Waals surface area contributed by atoms with Crippen molar-refractivity contribution in [3.8, 4) is 0 Å². The molecule has 0 aromatic rings. The minimum atomic E-state index is -0.290. The average Bonchev–Trinajstić information content (AvgIpc) is 2.67. The number of halogens is 1. The normalized spacial score (nSPS) is 22.3. The molecule has 15 heavy (non-hydrogen) atoms. The Morgan fingerprint density at radius 1 is 1.67 bits per heavy atom.